The van der Waals surface area contributed by atoms with Crippen molar-refractivity contribution in [2.45, 2.75) is 24.5 Å². The van der Waals surface area contributed by atoms with Crippen molar-refractivity contribution in [1.82, 2.24) is 19.5 Å². The van der Waals surface area contributed by atoms with Crippen molar-refractivity contribution in [3.8, 4) is 5.75 Å². The number of hydrogen-bond acceptors (Lipinski definition) is 19. The van der Waals surface area contributed by atoms with Crippen LogP contribution in [0.5, 0.6) is 5.75 Å². The number of hydrogen-bond donors (Lipinski definition) is 6. The third-order valence-corrected chi connectivity index (χ3v) is 9.53. The van der Waals surface area contributed by atoms with Gasteiger partial charge in [0.15, 0.2) is 29.9 Å². The number of phosphoric acid groups is 3. The van der Waals surface area contributed by atoms with E-state index in [4.69, 9.17) is 29.5 Å². The first-order chi connectivity index (χ1) is 21.2. The van der Waals surface area contributed by atoms with E-state index < -0.39 is 92.2 Å². The Bertz CT molecular complexity index is 1830. The van der Waals surface area contributed by atoms with Crippen LogP contribution in [-0.2, 0) is 31.6 Å². The second-order valence-corrected chi connectivity index (χ2v) is 13.0. The van der Waals surface area contributed by atoms with Crippen molar-refractivity contribution >= 4 is 57.5 Å². The van der Waals surface area contributed by atoms with Gasteiger partial charge in [0.2, 0.25) is 0 Å². The van der Waals surface area contributed by atoms with Gasteiger partial charge in [-0.3, -0.25) is 39.4 Å². The molecule has 250 valence electrons. The third kappa shape index (κ3) is 7.47. The van der Waals surface area contributed by atoms with Crippen molar-refractivity contribution in [3.63, 3.8) is 0 Å². The number of benzene rings is 1. The highest BCUT2D eigenvalue weighted by atomic mass is 31.3. The normalized spacial score (nSPS) is 22.6. The van der Waals surface area contributed by atoms with Gasteiger partial charge in [-0.1, -0.05) is 0 Å². The highest BCUT2D eigenvalue weighted by Gasteiger charge is 2.54. The number of phosphoric ester groups is 1. The van der Waals surface area contributed by atoms with E-state index in [0.29, 0.717) is 0 Å². The number of nitro groups is 3. The molecule has 1 aromatic carbocycles. The average Bonchev–Trinajstić information content (AvgIpc) is 3.47. The lowest BCUT2D eigenvalue weighted by Gasteiger charge is -2.26. The van der Waals surface area contributed by atoms with Crippen LogP contribution < -0.4 is 10.5 Å². The molecule has 46 heavy (non-hydrogen) atoms. The van der Waals surface area contributed by atoms with E-state index in [1.54, 1.807) is 0 Å². The molecule has 0 spiro atoms. The number of ether oxygens (including phenoxy) is 2. The predicted octanol–water partition coefficient (Wildman–Crippen LogP) is 0.182. The molecular formula is C16H17N8O19P3. The molecule has 3 heterocycles. The van der Waals surface area contributed by atoms with Gasteiger partial charge >= 0.3 is 34.8 Å². The summed E-state index contributed by atoms with van der Waals surface area (Å²) in [6.07, 6.45) is -6.32. The molecule has 1 aliphatic rings. The second-order valence-electron chi connectivity index (χ2n) is 8.66. The molecule has 27 nitrogen and oxygen atoms in total. The Balaban J connectivity index is 1.87. The number of aromatic nitrogens is 4. The molecule has 0 aliphatic carbocycles. The molecule has 0 bridgehead atoms. The van der Waals surface area contributed by atoms with Crippen molar-refractivity contribution in [1.29, 1.82) is 0 Å². The molecule has 4 rings (SSSR count). The van der Waals surface area contributed by atoms with Crippen LogP contribution in [-0.4, -0.2) is 83.9 Å². The largest absolute Gasteiger partial charge is 0.490 e. The Hall–Kier alpha value is -4.10. The molecule has 2 aromatic heterocycles. The fourth-order valence-electron chi connectivity index (χ4n) is 4.06. The highest BCUT2D eigenvalue weighted by Crippen LogP contribution is 2.67. The van der Waals surface area contributed by atoms with Crippen molar-refractivity contribution in [2.24, 2.45) is 0 Å². The minimum absolute atomic E-state index is 0.102. The van der Waals surface area contributed by atoms with Gasteiger partial charge in [0.05, 0.1) is 39.8 Å². The van der Waals surface area contributed by atoms with Gasteiger partial charge in [0.25, 0.3) is 11.4 Å². The minimum atomic E-state index is -6.11. The number of fused-ring (bicyclic) bond motifs is 1. The average molecular weight is 718 g/mol. The number of rotatable bonds is 13. The van der Waals surface area contributed by atoms with Crippen LogP contribution in [0.2, 0.25) is 0 Å². The smallest absolute Gasteiger partial charge is 0.473 e. The number of nitrogens with zero attached hydrogens (tertiary/aromatic N) is 7. The lowest BCUT2D eigenvalue weighted by atomic mass is 10.1. The van der Waals surface area contributed by atoms with E-state index in [1.165, 1.54) is 0 Å². The molecule has 6 atom stereocenters. The Morgan fingerprint density at radius 3 is 2.04 bits per heavy atom. The van der Waals surface area contributed by atoms with E-state index in [0.717, 1.165) is 17.2 Å². The molecular weight excluding hydrogens is 701 g/mol. The fourth-order valence-corrected chi connectivity index (χ4v) is 7.25. The number of imidazole rings is 1. The number of nitro benzene ring substituents is 3. The summed E-state index contributed by atoms with van der Waals surface area (Å²) < 4.78 is 60.2. The first-order valence-electron chi connectivity index (χ1n) is 11.5. The van der Waals surface area contributed by atoms with Gasteiger partial charge in [-0.15, -0.1) is 0 Å². The topological polar surface area (TPSA) is 398 Å². The first kappa shape index (κ1) is 34.8. The number of aliphatic hydroxyl groups excluding tert-OH is 1. The summed E-state index contributed by atoms with van der Waals surface area (Å²) in [4.78, 5) is 80.1. The lowest BCUT2D eigenvalue weighted by molar-refractivity contribution is -0.404. The Kier molecular flexibility index (Phi) is 9.52. The molecule has 30 heteroatoms. The van der Waals surface area contributed by atoms with Crippen LogP contribution in [0.1, 0.15) is 6.23 Å². The summed E-state index contributed by atoms with van der Waals surface area (Å²) in [6, 6.07) is 0.563. The summed E-state index contributed by atoms with van der Waals surface area (Å²) in [5.41, 5.74) is 1.60. The number of non-ortho nitro benzene ring substituents is 1. The van der Waals surface area contributed by atoms with Crippen molar-refractivity contribution in [3.05, 3.63) is 55.1 Å². The van der Waals surface area contributed by atoms with Gasteiger partial charge in [-0.25, -0.2) is 28.6 Å². The predicted molar refractivity (Wildman–Crippen MR) is 140 cm³/mol. The number of nitrogens with two attached hydrogens (primary N) is 1. The van der Waals surface area contributed by atoms with E-state index in [2.05, 4.69) is 23.6 Å². The molecule has 1 aliphatic heterocycles. The van der Waals surface area contributed by atoms with Crippen molar-refractivity contribution < 1.29 is 75.8 Å². The third-order valence-electron chi connectivity index (χ3n) is 5.69. The summed E-state index contributed by atoms with van der Waals surface area (Å²) >= 11 is 0. The monoisotopic (exact) mass is 718 g/mol. The van der Waals surface area contributed by atoms with Gasteiger partial charge in [0.1, 0.15) is 17.9 Å². The number of nitrogen functional groups attached to an aromatic ring is 1. The van der Waals surface area contributed by atoms with Crippen LogP contribution in [0.25, 0.3) is 11.2 Å². The SMILES string of the molecule is Nc1ncnc2c1ncn2[C@@H]1O[C@H](CO)[C@@H](Oc2c([N+](=O)[O-])cc([N+](=O)[O-])cc2[N+](=O)[O-])[C@H]1OP(=O)(O)OP(=O)(O)OP(=O)(O)O. The molecule has 0 saturated carbocycles. The summed E-state index contributed by atoms with van der Waals surface area (Å²) in [7, 11) is -18.0. The standard InChI is InChI=1S/C16H17N8O19P3/c17-14-10-15(19-4-18-14)21(5-20-10)16-13(41-45(35,36)43-46(37,38)42-44(32,33)34)12(9(3-25)39-16)40-11-7(23(28)29)1-6(22(26)27)2-8(11)24(30)31/h1-2,4-5,9,12-13,16,25H,3H2,(H,35,36)(H,37,38)(H2,17,18,19)(H2,32,33,34)/t9-,12-,13-,16-/m1/s1. The van der Waals surface area contributed by atoms with Crippen LogP contribution in [0.15, 0.2) is 24.8 Å². The molecule has 2 unspecified atom stereocenters. The second kappa shape index (κ2) is 12.6. The Morgan fingerprint density at radius 1 is 0.913 bits per heavy atom. The van der Waals surface area contributed by atoms with Crippen LogP contribution >= 0.6 is 23.5 Å². The fraction of sp³-hybridized carbons (Fsp3) is 0.312. The zero-order valence-corrected chi connectivity index (χ0v) is 24.5. The maximum Gasteiger partial charge on any atom is 0.490 e. The van der Waals surface area contributed by atoms with Gasteiger partial charge in [-0.2, -0.15) is 8.62 Å². The minimum Gasteiger partial charge on any atom is -0.473 e. The molecule has 1 saturated heterocycles. The first-order valence-corrected chi connectivity index (χ1v) is 16.0. The highest BCUT2D eigenvalue weighted by molar-refractivity contribution is 7.66. The summed E-state index contributed by atoms with van der Waals surface area (Å²) in [6.45, 7) is -1.13. The number of aliphatic hydroxyl groups is 1. The van der Waals surface area contributed by atoms with Crippen LogP contribution in [0, 0.1) is 30.3 Å². The molecule has 3 aromatic rings. The zero-order chi connectivity index (χ0) is 34.4. The maximum atomic E-state index is 12.9. The molecule has 0 radical (unpaired) electrons. The quantitative estimate of drug-likeness (QED) is 0.0779. The Labute approximate surface area is 251 Å². The summed E-state index contributed by atoms with van der Waals surface area (Å²) in [5.74, 6) is -1.50. The van der Waals surface area contributed by atoms with Gasteiger partial charge in [-0.05, 0) is 0 Å². The van der Waals surface area contributed by atoms with Gasteiger partial charge in [0, 0.05) is 0 Å². The van der Waals surface area contributed by atoms with E-state index >= 15 is 0 Å². The van der Waals surface area contributed by atoms with E-state index in [1.807, 2.05) is 0 Å². The number of anilines is 1. The van der Waals surface area contributed by atoms with Gasteiger partial charge < -0.3 is 39.9 Å². The Morgan fingerprint density at radius 2 is 1.52 bits per heavy atom. The lowest BCUT2D eigenvalue weighted by Crippen LogP contribution is -2.40. The van der Waals surface area contributed by atoms with E-state index in [9.17, 15) is 58.9 Å². The summed E-state index contributed by atoms with van der Waals surface area (Å²) in [5, 5.41) is 44.9. The van der Waals surface area contributed by atoms with Crippen LogP contribution in [0.4, 0.5) is 22.9 Å². The zero-order valence-electron chi connectivity index (χ0n) is 21.8. The molecule has 1 fully saturated rings. The van der Waals surface area contributed by atoms with Crippen LogP contribution in [0.3, 0.4) is 0 Å². The molecule has 7 N–H and O–H groups in total. The molecule has 0 amide bonds. The van der Waals surface area contributed by atoms with E-state index in [-0.39, 0.29) is 29.1 Å². The van der Waals surface area contributed by atoms with Crippen molar-refractivity contribution in [2.75, 3.05) is 12.3 Å². The maximum absolute atomic E-state index is 12.9.